The van der Waals surface area contributed by atoms with Crippen molar-refractivity contribution in [2.45, 2.75) is 0 Å². The Morgan fingerprint density at radius 2 is 1.83 bits per heavy atom. The first-order chi connectivity index (χ1) is 11.5. The van der Waals surface area contributed by atoms with Crippen LogP contribution in [0.15, 0.2) is 51.4 Å². The molecule has 0 spiro atoms. The Labute approximate surface area is 154 Å². The molecule has 1 N–H and O–H groups in total. The fourth-order valence-corrected chi connectivity index (χ4v) is 2.38. The number of anilines is 1. The lowest BCUT2D eigenvalue weighted by atomic mass is 10.3. The van der Waals surface area contributed by atoms with E-state index in [1.807, 2.05) is 0 Å². The van der Waals surface area contributed by atoms with E-state index in [0.717, 1.165) is 0 Å². The molecule has 2 aromatic carbocycles. The van der Waals surface area contributed by atoms with Gasteiger partial charge in [-0.3, -0.25) is 4.79 Å². The van der Waals surface area contributed by atoms with Crippen molar-refractivity contribution >= 4 is 49.4 Å². The number of amides is 1. The van der Waals surface area contributed by atoms with Gasteiger partial charge in [-0.1, -0.05) is 28.1 Å². The fourth-order valence-electron chi connectivity index (χ4n) is 1.67. The predicted octanol–water partition coefficient (Wildman–Crippen LogP) is 3.91. The van der Waals surface area contributed by atoms with Crippen LogP contribution in [-0.4, -0.2) is 25.1 Å². The SMILES string of the molecule is O=C(COC(=O)COc1ccc(Br)cc1F)Nc1ccccc1Br. The van der Waals surface area contributed by atoms with Crippen molar-refractivity contribution in [2.75, 3.05) is 18.5 Å². The molecular formula is C16H12Br2FNO4. The monoisotopic (exact) mass is 459 g/mol. The van der Waals surface area contributed by atoms with Gasteiger partial charge in [0.2, 0.25) is 0 Å². The van der Waals surface area contributed by atoms with Crippen molar-refractivity contribution < 1.29 is 23.5 Å². The lowest BCUT2D eigenvalue weighted by Crippen LogP contribution is -2.23. The molecule has 2 aromatic rings. The summed E-state index contributed by atoms with van der Waals surface area (Å²) in [4.78, 5) is 23.3. The highest BCUT2D eigenvalue weighted by Crippen LogP contribution is 2.22. The summed E-state index contributed by atoms with van der Waals surface area (Å²) in [7, 11) is 0. The maximum absolute atomic E-state index is 13.5. The Balaban J connectivity index is 1.76. The number of halogens is 3. The summed E-state index contributed by atoms with van der Waals surface area (Å²) in [5.41, 5.74) is 0.562. The Kier molecular flexibility index (Phi) is 6.74. The highest BCUT2D eigenvalue weighted by molar-refractivity contribution is 9.10. The molecular weight excluding hydrogens is 449 g/mol. The van der Waals surface area contributed by atoms with Crippen LogP contribution in [0.4, 0.5) is 10.1 Å². The number of rotatable bonds is 6. The van der Waals surface area contributed by atoms with Crippen LogP contribution in [0.1, 0.15) is 0 Å². The first-order valence-corrected chi connectivity index (χ1v) is 8.32. The third-order valence-electron chi connectivity index (χ3n) is 2.75. The van der Waals surface area contributed by atoms with Gasteiger partial charge in [-0.05, 0) is 46.3 Å². The molecule has 0 aromatic heterocycles. The summed E-state index contributed by atoms with van der Waals surface area (Å²) in [6.45, 7) is -0.965. The summed E-state index contributed by atoms with van der Waals surface area (Å²) >= 11 is 6.40. The summed E-state index contributed by atoms with van der Waals surface area (Å²) in [5, 5.41) is 2.59. The third-order valence-corrected chi connectivity index (χ3v) is 3.94. The van der Waals surface area contributed by atoms with Crippen LogP contribution in [-0.2, 0) is 14.3 Å². The first-order valence-electron chi connectivity index (χ1n) is 6.73. The van der Waals surface area contributed by atoms with Gasteiger partial charge in [0.1, 0.15) is 0 Å². The molecule has 0 aliphatic carbocycles. The molecule has 1 amide bonds. The number of nitrogens with one attached hydrogen (secondary N) is 1. The summed E-state index contributed by atoms with van der Waals surface area (Å²) in [6, 6.07) is 11.2. The first kappa shape index (κ1) is 18.4. The number of benzene rings is 2. The van der Waals surface area contributed by atoms with Gasteiger partial charge in [-0.25, -0.2) is 9.18 Å². The van der Waals surface area contributed by atoms with Crippen molar-refractivity contribution in [1.82, 2.24) is 0 Å². The Morgan fingerprint density at radius 3 is 2.54 bits per heavy atom. The zero-order valence-electron chi connectivity index (χ0n) is 12.2. The van der Waals surface area contributed by atoms with E-state index in [1.54, 1.807) is 30.3 Å². The molecule has 24 heavy (non-hydrogen) atoms. The fraction of sp³-hybridized carbons (Fsp3) is 0.125. The van der Waals surface area contributed by atoms with Gasteiger partial charge in [0.15, 0.2) is 24.8 Å². The van der Waals surface area contributed by atoms with Crippen LogP contribution in [0.3, 0.4) is 0 Å². The number of carbonyl (C=O) groups is 2. The number of esters is 1. The topological polar surface area (TPSA) is 64.6 Å². The molecule has 2 rings (SSSR count). The minimum atomic E-state index is -0.778. The van der Waals surface area contributed by atoms with Gasteiger partial charge < -0.3 is 14.8 Å². The Bertz CT molecular complexity index is 755. The van der Waals surface area contributed by atoms with Crippen molar-refractivity contribution in [3.63, 3.8) is 0 Å². The second kappa shape index (κ2) is 8.79. The molecule has 0 fully saturated rings. The molecule has 0 atom stereocenters. The van der Waals surface area contributed by atoms with E-state index in [-0.39, 0.29) is 5.75 Å². The molecule has 0 saturated heterocycles. The molecule has 0 aliphatic rings. The number of ether oxygens (including phenoxy) is 2. The van der Waals surface area contributed by atoms with E-state index >= 15 is 0 Å². The molecule has 5 nitrogen and oxygen atoms in total. The highest BCUT2D eigenvalue weighted by Gasteiger charge is 2.11. The largest absolute Gasteiger partial charge is 0.479 e. The van der Waals surface area contributed by atoms with Gasteiger partial charge in [-0.15, -0.1) is 0 Å². The molecule has 0 bridgehead atoms. The maximum atomic E-state index is 13.5. The van der Waals surface area contributed by atoms with Gasteiger partial charge in [-0.2, -0.15) is 0 Å². The zero-order valence-corrected chi connectivity index (χ0v) is 15.4. The number of carbonyl (C=O) groups excluding carboxylic acids is 2. The van der Waals surface area contributed by atoms with E-state index in [4.69, 9.17) is 9.47 Å². The van der Waals surface area contributed by atoms with Crippen LogP contribution < -0.4 is 10.1 Å². The van der Waals surface area contributed by atoms with Crippen molar-refractivity contribution in [1.29, 1.82) is 0 Å². The van der Waals surface area contributed by atoms with Crippen LogP contribution in [0.25, 0.3) is 0 Å². The van der Waals surface area contributed by atoms with Gasteiger partial charge >= 0.3 is 5.97 Å². The van der Waals surface area contributed by atoms with Gasteiger partial charge in [0, 0.05) is 8.95 Å². The summed E-state index contributed by atoms with van der Waals surface area (Å²) in [5.74, 6) is -1.96. The molecule has 0 heterocycles. The summed E-state index contributed by atoms with van der Waals surface area (Å²) in [6.07, 6.45) is 0. The van der Waals surface area contributed by atoms with Gasteiger partial charge in [0.05, 0.1) is 5.69 Å². The second-order valence-corrected chi connectivity index (χ2v) is 6.32. The molecule has 0 unspecified atom stereocenters. The standard InChI is InChI=1S/C16H12Br2FNO4/c17-10-5-6-14(12(19)7-10)23-9-16(22)24-8-15(21)20-13-4-2-1-3-11(13)18/h1-7H,8-9H2,(H,20,21). The zero-order chi connectivity index (χ0) is 17.5. The van der Waals surface area contributed by atoms with Crippen LogP contribution >= 0.6 is 31.9 Å². The Hall–Kier alpha value is -1.93. The molecule has 126 valence electrons. The molecule has 0 aliphatic heterocycles. The minimum absolute atomic E-state index is 0.0761. The van der Waals surface area contributed by atoms with Crippen molar-refractivity contribution in [3.8, 4) is 5.75 Å². The third kappa shape index (κ3) is 5.61. The lowest BCUT2D eigenvalue weighted by molar-refractivity contribution is -0.149. The van der Waals surface area contributed by atoms with Crippen LogP contribution in [0, 0.1) is 5.82 Å². The van der Waals surface area contributed by atoms with Gasteiger partial charge in [0.25, 0.3) is 5.91 Å². The number of hydrogen-bond acceptors (Lipinski definition) is 4. The second-order valence-electron chi connectivity index (χ2n) is 4.55. The Morgan fingerprint density at radius 1 is 1.08 bits per heavy atom. The smallest absolute Gasteiger partial charge is 0.344 e. The normalized spacial score (nSPS) is 10.1. The van der Waals surface area contributed by atoms with Crippen LogP contribution in [0.2, 0.25) is 0 Å². The molecule has 0 saturated carbocycles. The van der Waals surface area contributed by atoms with E-state index in [1.165, 1.54) is 12.1 Å². The quantitative estimate of drug-likeness (QED) is 0.663. The minimum Gasteiger partial charge on any atom is -0.479 e. The van der Waals surface area contributed by atoms with E-state index < -0.39 is 30.9 Å². The van der Waals surface area contributed by atoms with E-state index in [0.29, 0.717) is 14.6 Å². The average Bonchev–Trinajstić information content (AvgIpc) is 2.54. The predicted molar refractivity (Wildman–Crippen MR) is 93.3 cm³/mol. The number of para-hydroxylation sites is 1. The van der Waals surface area contributed by atoms with Crippen LogP contribution in [0.5, 0.6) is 5.75 Å². The average molecular weight is 461 g/mol. The van der Waals surface area contributed by atoms with E-state index in [9.17, 15) is 14.0 Å². The molecule has 8 heteroatoms. The van der Waals surface area contributed by atoms with Crippen molar-refractivity contribution in [2.24, 2.45) is 0 Å². The maximum Gasteiger partial charge on any atom is 0.344 e. The van der Waals surface area contributed by atoms with Crippen molar-refractivity contribution in [3.05, 3.63) is 57.2 Å². The highest BCUT2D eigenvalue weighted by atomic mass is 79.9. The number of hydrogen-bond donors (Lipinski definition) is 1. The van der Waals surface area contributed by atoms with E-state index in [2.05, 4.69) is 37.2 Å². The molecule has 0 radical (unpaired) electrons. The summed E-state index contributed by atoms with van der Waals surface area (Å²) < 4.78 is 24.6. The lowest BCUT2D eigenvalue weighted by Gasteiger charge is -2.09.